The lowest BCUT2D eigenvalue weighted by atomic mass is 10.1. The van der Waals surface area contributed by atoms with Crippen LogP contribution in [0.3, 0.4) is 0 Å². The summed E-state index contributed by atoms with van der Waals surface area (Å²) in [7, 11) is 0. The molecular formula is C19H21ClFN3O. The number of hydrogen-bond donors (Lipinski definition) is 1. The van der Waals surface area contributed by atoms with Crippen molar-refractivity contribution >= 4 is 23.3 Å². The van der Waals surface area contributed by atoms with Crippen LogP contribution in [0.15, 0.2) is 42.5 Å². The Morgan fingerprint density at radius 3 is 2.60 bits per heavy atom. The zero-order valence-electron chi connectivity index (χ0n) is 14.1. The van der Waals surface area contributed by atoms with Crippen LogP contribution in [0, 0.1) is 12.7 Å². The molecular weight excluding hydrogens is 341 g/mol. The molecule has 0 aromatic heterocycles. The van der Waals surface area contributed by atoms with Gasteiger partial charge in [0.25, 0.3) is 0 Å². The van der Waals surface area contributed by atoms with Crippen molar-refractivity contribution in [1.82, 2.24) is 9.80 Å². The van der Waals surface area contributed by atoms with Gasteiger partial charge in [0.2, 0.25) is 0 Å². The number of rotatable bonds is 3. The number of anilines is 1. The Labute approximate surface area is 152 Å². The summed E-state index contributed by atoms with van der Waals surface area (Å²) in [5.41, 5.74) is 3.05. The van der Waals surface area contributed by atoms with Crippen molar-refractivity contribution in [3.63, 3.8) is 0 Å². The number of piperazine rings is 1. The summed E-state index contributed by atoms with van der Waals surface area (Å²) in [5, 5.41) is 2.77. The molecule has 25 heavy (non-hydrogen) atoms. The lowest BCUT2D eigenvalue weighted by Gasteiger charge is -2.34. The van der Waals surface area contributed by atoms with Crippen LogP contribution in [-0.2, 0) is 6.54 Å². The Kier molecular flexibility index (Phi) is 5.56. The van der Waals surface area contributed by atoms with E-state index in [1.54, 1.807) is 4.90 Å². The summed E-state index contributed by atoms with van der Waals surface area (Å²) in [6.45, 7) is 5.95. The predicted molar refractivity (Wildman–Crippen MR) is 98.5 cm³/mol. The topological polar surface area (TPSA) is 35.6 Å². The van der Waals surface area contributed by atoms with Gasteiger partial charge in [-0.15, -0.1) is 0 Å². The fourth-order valence-electron chi connectivity index (χ4n) is 2.95. The van der Waals surface area contributed by atoms with Gasteiger partial charge in [-0.2, -0.15) is 0 Å². The highest BCUT2D eigenvalue weighted by Crippen LogP contribution is 2.20. The van der Waals surface area contributed by atoms with Crippen LogP contribution in [0.2, 0.25) is 5.02 Å². The lowest BCUT2D eigenvalue weighted by molar-refractivity contribution is 0.143. The third kappa shape index (κ3) is 4.71. The summed E-state index contributed by atoms with van der Waals surface area (Å²) in [6.07, 6.45) is 0. The summed E-state index contributed by atoms with van der Waals surface area (Å²) in [6, 6.07) is 12.5. The Bertz CT molecular complexity index is 760. The number of carbonyl (C=O) groups is 1. The van der Waals surface area contributed by atoms with E-state index in [2.05, 4.69) is 41.4 Å². The van der Waals surface area contributed by atoms with E-state index in [-0.39, 0.29) is 11.1 Å². The molecule has 0 aliphatic carbocycles. The highest BCUT2D eigenvalue weighted by molar-refractivity contribution is 6.31. The maximum Gasteiger partial charge on any atom is 0.321 e. The summed E-state index contributed by atoms with van der Waals surface area (Å²) in [5.74, 6) is -0.496. The van der Waals surface area contributed by atoms with E-state index in [1.807, 2.05) is 0 Å². The van der Waals surface area contributed by atoms with Gasteiger partial charge < -0.3 is 10.2 Å². The van der Waals surface area contributed by atoms with Crippen LogP contribution < -0.4 is 5.32 Å². The van der Waals surface area contributed by atoms with Gasteiger partial charge in [0, 0.05) is 38.4 Å². The molecule has 1 fully saturated rings. The van der Waals surface area contributed by atoms with E-state index < -0.39 is 5.82 Å². The number of nitrogens with zero attached hydrogens (tertiary/aromatic N) is 2. The monoisotopic (exact) mass is 361 g/mol. The normalized spacial score (nSPS) is 15.2. The first kappa shape index (κ1) is 17.7. The van der Waals surface area contributed by atoms with Crippen LogP contribution >= 0.6 is 11.6 Å². The minimum atomic E-state index is -0.496. The third-order valence-corrected chi connectivity index (χ3v) is 4.61. The van der Waals surface area contributed by atoms with Gasteiger partial charge in [0.15, 0.2) is 0 Å². The lowest BCUT2D eigenvalue weighted by Crippen LogP contribution is -2.49. The zero-order chi connectivity index (χ0) is 17.8. The number of aryl methyl sites for hydroxylation is 1. The van der Waals surface area contributed by atoms with Crippen LogP contribution in [0.5, 0.6) is 0 Å². The molecule has 3 rings (SSSR count). The van der Waals surface area contributed by atoms with Gasteiger partial charge in [0.05, 0.1) is 5.02 Å². The second kappa shape index (κ2) is 7.85. The Balaban J connectivity index is 1.51. The first-order valence-corrected chi connectivity index (χ1v) is 8.68. The molecule has 1 N–H and O–H groups in total. The molecule has 4 nitrogen and oxygen atoms in total. The first-order chi connectivity index (χ1) is 12.0. The molecule has 0 unspecified atom stereocenters. The molecule has 2 aromatic rings. The molecule has 1 aliphatic rings. The molecule has 132 valence electrons. The van der Waals surface area contributed by atoms with Crippen LogP contribution in [-0.4, -0.2) is 42.0 Å². The minimum absolute atomic E-state index is 0.000717. The summed E-state index contributed by atoms with van der Waals surface area (Å²) >= 11 is 5.74. The number of halogens is 2. The van der Waals surface area contributed by atoms with Crippen molar-refractivity contribution in [2.45, 2.75) is 13.5 Å². The molecule has 0 bridgehead atoms. The van der Waals surface area contributed by atoms with E-state index in [0.717, 1.165) is 19.6 Å². The van der Waals surface area contributed by atoms with E-state index in [4.69, 9.17) is 11.6 Å². The SMILES string of the molecule is Cc1cccc(CN2CCN(C(=O)Nc3ccc(F)c(Cl)c3)CC2)c1. The second-order valence-electron chi connectivity index (χ2n) is 6.31. The van der Waals surface area contributed by atoms with Gasteiger partial charge in [-0.3, -0.25) is 4.90 Å². The largest absolute Gasteiger partial charge is 0.322 e. The van der Waals surface area contributed by atoms with Crippen LogP contribution in [0.1, 0.15) is 11.1 Å². The van der Waals surface area contributed by atoms with Gasteiger partial charge in [-0.1, -0.05) is 41.4 Å². The van der Waals surface area contributed by atoms with Crippen molar-refractivity contribution in [3.8, 4) is 0 Å². The van der Waals surface area contributed by atoms with Gasteiger partial charge >= 0.3 is 6.03 Å². The molecule has 0 radical (unpaired) electrons. The standard InChI is InChI=1S/C19H21ClFN3O/c1-14-3-2-4-15(11-14)13-23-7-9-24(10-8-23)19(25)22-16-5-6-18(21)17(20)12-16/h2-6,11-12H,7-10,13H2,1H3,(H,22,25). The molecule has 1 aliphatic heterocycles. The number of carbonyl (C=O) groups excluding carboxylic acids is 1. The molecule has 1 heterocycles. The van der Waals surface area contributed by atoms with Gasteiger partial charge in [0.1, 0.15) is 5.82 Å². The molecule has 0 spiro atoms. The van der Waals surface area contributed by atoms with Gasteiger partial charge in [-0.25, -0.2) is 9.18 Å². The second-order valence-corrected chi connectivity index (χ2v) is 6.72. The average Bonchev–Trinajstić information content (AvgIpc) is 2.59. The number of amides is 2. The van der Waals surface area contributed by atoms with E-state index >= 15 is 0 Å². The Hall–Kier alpha value is -2.11. The molecule has 2 amide bonds. The van der Waals surface area contributed by atoms with E-state index in [1.165, 1.54) is 29.3 Å². The molecule has 0 saturated carbocycles. The average molecular weight is 362 g/mol. The van der Waals surface area contributed by atoms with E-state index in [9.17, 15) is 9.18 Å². The number of benzene rings is 2. The fourth-order valence-corrected chi connectivity index (χ4v) is 3.13. The maximum atomic E-state index is 13.2. The Morgan fingerprint density at radius 1 is 1.16 bits per heavy atom. The number of hydrogen-bond acceptors (Lipinski definition) is 2. The predicted octanol–water partition coefficient (Wildman–Crippen LogP) is 4.14. The molecule has 0 atom stereocenters. The van der Waals surface area contributed by atoms with Crippen LogP contribution in [0.4, 0.5) is 14.9 Å². The zero-order valence-corrected chi connectivity index (χ0v) is 14.9. The van der Waals surface area contributed by atoms with Crippen molar-refractivity contribution < 1.29 is 9.18 Å². The summed E-state index contributed by atoms with van der Waals surface area (Å²) < 4.78 is 13.2. The Morgan fingerprint density at radius 2 is 1.92 bits per heavy atom. The smallest absolute Gasteiger partial charge is 0.321 e. The summed E-state index contributed by atoms with van der Waals surface area (Å²) in [4.78, 5) is 16.4. The maximum absolute atomic E-state index is 13.2. The highest BCUT2D eigenvalue weighted by atomic mass is 35.5. The molecule has 1 saturated heterocycles. The van der Waals surface area contributed by atoms with Crippen molar-refractivity contribution in [1.29, 1.82) is 0 Å². The van der Waals surface area contributed by atoms with Crippen molar-refractivity contribution in [2.24, 2.45) is 0 Å². The van der Waals surface area contributed by atoms with Crippen molar-refractivity contribution in [3.05, 3.63) is 64.4 Å². The molecule has 2 aromatic carbocycles. The fraction of sp³-hybridized carbons (Fsp3) is 0.316. The third-order valence-electron chi connectivity index (χ3n) is 4.32. The first-order valence-electron chi connectivity index (χ1n) is 8.30. The number of urea groups is 1. The van der Waals surface area contributed by atoms with E-state index in [0.29, 0.717) is 18.8 Å². The van der Waals surface area contributed by atoms with Gasteiger partial charge in [-0.05, 0) is 30.7 Å². The van der Waals surface area contributed by atoms with Crippen LogP contribution in [0.25, 0.3) is 0 Å². The van der Waals surface area contributed by atoms with Crippen molar-refractivity contribution in [2.75, 3.05) is 31.5 Å². The molecule has 6 heteroatoms. The number of nitrogens with one attached hydrogen (secondary N) is 1. The highest BCUT2D eigenvalue weighted by Gasteiger charge is 2.21. The minimum Gasteiger partial charge on any atom is -0.322 e. The quantitative estimate of drug-likeness (QED) is 0.891.